The van der Waals surface area contributed by atoms with Gasteiger partial charge in [-0.2, -0.15) is 0 Å². The summed E-state index contributed by atoms with van der Waals surface area (Å²) >= 11 is 0. The third-order valence-corrected chi connectivity index (χ3v) is 3.02. The topological polar surface area (TPSA) is 56.7 Å². The van der Waals surface area contributed by atoms with Crippen molar-refractivity contribution in [2.75, 3.05) is 32.0 Å². The Morgan fingerprint density at radius 2 is 2.09 bits per heavy atom. The van der Waals surface area contributed by atoms with Crippen molar-refractivity contribution in [2.24, 2.45) is 4.99 Å². The number of benzene rings is 1. The molecule has 0 heterocycles. The van der Waals surface area contributed by atoms with Crippen molar-refractivity contribution in [3.05, 3.63) is 30.1 Å². The summed E-state index contributed by atoms with van der Waals surface area (Å²) in [5, 5.41) is 5.79. The van der Waals surface area contributed by atoms with Gasteiger partial charge in [0.25, 0.3) is 0 Å². The Morgan fingerprint density at radius 1 is 1.35 bits per heavy atom. The maximum Gasteiger partial charge on any atom is 0.246 e. The molecule has 1 rings (SSSR count). The number of carbonyl (C=O) groups excluding carboxylic acids is 1. The molecule has 0 spiro atoms. The van der Waals surface area contributed by atoms with Gasteiger partial charge in [0.15, 0.2) is 5.96 Å². The molecule has 0 fully saturated rings. The third-order valence-electron chi connectivity index (χ3n) is 3.02. The molecular formula is C16H26FIN4O. The van der Waals surface area contributed by atoms with Crippen molar-refractivity contribution >= 4 is 41.5 Å². The first-order valence-corrected chi connectivity index (χ1v) is 7.61. The molecule has 0 unspecified atom stereocenters. The monoisotopic (exact) mass is 436 g/mol. The van der Waals surface area contributed by atoms with Gasteiger partial charge in [-0.1, -0.05) is 19.4 Å². The van der Waals surface area contributed by atoms with Crippen molar-refractivity contribution in [3.63, 3.8) is 0 Å². The normalized spacial score (nSPS) is 10.7. The van der Waals surface area contributed by atoms with Gasteiger partial charge in [-0.05, 0) is 31.5 Å². The fourth-order valence-corrected chi connectivity index (χ4v) is 1.88. The number of hydrogen-bond donors (Lipinski definition) is 2. The summed E-state index contributed by atoms with van der Waals surface area (Å²) < 4.78 is 13.1. The first kappa shape index (κ1) is 21.6. The van der Waals surface area contributed by atoms with Crippen LogP contribution >= 0.6 is 24.0 Å². The van der Waals surface area contributed by atoms with Crippen molar-refractivity contribution in [1.82, 2.24) is 10.2 Å². The Hall–Kier alpha value is -1.38. The summed E-state index contributed by atoms with van der Waals surface area (Å²) in [6.07, 6.45) is 2.17. The lowest BCUT2D eigenvalue weighted by Gasteiger charge is -2.21. The van der Waals surface area contributed by atoms with Crippen LogP contribution in [0.25, 0.3) is 0 Å². The Bertz CT molecular complexity index is 511. The van der Waals surface area contributed by atoms with Crippen molar-refractivity contribution in [1.29, 1.82) is 0 Å². The highest BCUT2D eigenvalue weighted by Crippen LogP contribution is 2.08. The van der Waals surface area contributed by atoms with E-state index >= 15 is 0 Å². The van der Waals surface area contributed by atoms with Gasteiger partial charge in [-0.25, -0.2) is 9.38 Å². The van der Waals surface area contributed by atoms with Gasteiger partial charge in [0.05, 0.1) is 0 Å². The number of anilines is 1. The number of halogens is 2. The van der Waals surface area contributed by atoms with E-state index in [1.54, 1.807) is 12.1 Å². The summed E-state index contributed by atoms with van der Waals surface area (Å²) in [5.74, 6) is 0.0455. The average Bonchev–Trinajstić information content (AvgIpc) is 2.49. The second kappa shape index (κ2) is 12.1. The zero-order chi connectivity index (χ0) is 16.4. The van der Waals surface area contributed by atoms with E-state index < -0.39 is 0 Å². The van der Waals surface area contributed by atoms with Crippen LogP contribution < -0.4 is 10.6 Å². The second-order valence-corrected chi connectivity index (χ2v) is 5.00. The zero-order valence-corrected chi connectivity index (χ0v) is 16.3. The van der Waals surface area contributed by atoms with Crippen LogP contribution in [0.1, 0.15) is 26.7 Å². The van der Waals surface area contributed by atoms with Gasteiger partial charge in [0.2, 0.25) is 5.91 Å². The predicted molar refractivity (Wildman–Crippen MR) is 104 cm³/mol. The SMILES string of the molecule is CCCCN(C)C(=NCC(=O)Nc1cccc(F)c1)NCC.I. The number of hydrogen-bond acceptors (Lipinski definition) is 2. The smallest absolute Gasteiger partial charge is 0.246 e. The number of nitrogens with one attached hydrogen (secondary N) is 2. The molecule has 0 aliphatic heterocycles. The molecule has 0 aliphatic rings. The van der Waals surface area contributed by atoms with E-state index in [4.69, 9.17) is 0 Å². The van der Waals surface area contributed by atoms with E-state index in [0.717, 1.165) is 25.9 Å². The fraction of sp³-hybridized carbons (Fsp3) is 0.500. The second-order valence-electron chi connectivity index (χ2n) is 5.00. The molecule has 1 aromatic rings. The molecule has 2 N–H and O–H groups in total. The highest BCUT2D eigenvalue weighted by molar-refractivity contribution is 14.0. The average molecular weight is 436 g/mol. The molecule has 130 valence electrons. The van der Waals surface area contributed by atoms with Crippen LogP contribution in [0.2, 0.25) is 0 Å². The highest BCUT2D eigenvalue weighted by atomic mass is 127. The van der Waals surface area contributed by atoms with E-state index in [2.05, 4.69) is 22.5 Å². The number of aliphatic imine (C=N–C) groups is 1. The molecule has 0 saturated heterocycles. The molecule has 23 heavy (non-hydrogen) atoms. The standard InChI is InChI=1S/C16H25FN4O.HI/c1-4-6-10-21(3)16(18-5-2)19-12-15(22)20-14-9-7-8-13(17)11-14;/h7-9,11H,4-6,10,12H2,1-3H3,(H,18,19)(H,20,22);1H. The lowest BCUT2D eigenvalue weighted by Crippen LogP contribution is -2.40. The summed E-state index contributed by atoms with van der Waals surface area (Å²) in [6, 6.07) is 5.81. The van der Waals surface area contributed by atoms with Gasteiger partial charge in [0.1, 0.15) is 12.4 Å². The molecule has 7 heteroatoms. The molecular weight excluding hydrogens is 410 g/mol. The minimum atomic E-state index is -0.381. The summed E-state index contributed by atoms with van der Waals surface area (Å²) in [5.41, 5.74) is 0.435. The molecule has 1 amide bonds. The van der Waals surface area contributed by atoms with Crippen LogP contribution in [0.15, 0.2) is 29.3 Å². The van der Waals surface area contributed by atoms with Crippen LogP contribution in [0, 0.1) is 5.82 Å². The van der Waals surface area contributed by atoms with E-state index in [1.807, 2.05) is 18.9 Å². The van der Waals surface area contributed by atoms with Gasteiger partial charge in [-0.3, -0.25) is 4.79 Å². The van der Waals surface area contributed by atoms with Crippen molar-refractivity contribution in [2.45, 2.75) is 26.7 Å². The van der Waals surface area contributed by atoms with Gasteiger partial charge < -0.3 is 15.5 Å². The minimum absolute atomic E-state index is 0. The van der Waals surface area contributed by atoms with Crippen LogP contribution in [-0.2, 0) is 4.79 Å². The van der Waals surface area contributed by atoms with Crippen molar-refractivity contribution in [3.8, 4) is 0 Å². The van der Waals surface area contributed by atoms with E-state index in [9.17, 15) is 9.18 Å². The largest absolute Gasteiger partial charge is 0.357 e. The highest BCUT2D eigenvalue weighted by Gasteiger charge is 2.07. The van der Waals surface area contributed by atoms with Crippen LogP contribution in [-0.4, -0.2) is 43.4 Å². The summed E-state index contributed by atoms with van der Waals surface area (Å²) in [4.78, 5) is 18.2. The molecule has 0 bridgehead atoms. The number of carbonyl (C=O) groups is 1. The summed E-state index contributed by atoms with van der Waals surface area (Å²) in [7, 11) is 1.95. The zero-order valence-electron chi connectivity index (χ0n) is 13.9. The molecule has 5 nitrogen and oxygen atoms in total. The first-order chi connectivity index (χ1) is 10.6. The van der Waals surface area contributed by atoms with Gasteiger partial charge in [-0.15, -0.1) is 24.0 Å². The Labute approximate surface area is 154 Å². The van der Waals surface area contributed by atoms with E-state index in [0.29, 0.717) is 11.6 Å². The van der Waals surface area contributed by atoms with E-state index in [1.165, 1.54) is 12.1 Å². The van der Waals surface area contributed by atoms with Gasteiger partial charge >= 0.3 is 0 Å². The van der Waals surface area contributed by atoms with Crippen LogP contribution in [0.5, 0.6) is 0 Å². The van der Waals surface area contributed by atoms with Crippen LogP contribution in [0.4, 0.5) is 10.1 Å². The third kappa shape index (κ3) is 8.73. The molecule has 0 aliphatic carbocycles. The quantitative estimate of drug-likeness (QED) is 0.393. The maximum absolute atomic E-state index is 13.1. The Morgan fingerprint density at radius 3 is 2.70 bits per heavy atom. The first-order valence-electron chi connectivity index (χ1n) is 7.61. The number of rotatable bonds is 7. The molecule has 0 atom stereocenters. The maximum atomic E-state index is 13.1. The fourth-order valence-electron chi connectivity index (χ4n) is 1.88. The van der Waals surface area contributed by atoms with Crippen molar-refractivity contribution < 1.29 is 9.18 Å². The van der Waals surface area contributed by atoms with Gasteiger partial charge in [0, 0.05) is 25.8 Å². The molecule has 1 aromatic carbocycles. The minimum Gasteiger partial charge on any atom is -0.357 e. The Kier molecular flexibility index (Phi) is 11.4. The molecule has 0 saturated carbocycles. The van der Waals surface area contributed by atoms with Crippen LogP contribution in [0.3, 0.4) is 0 Å². The number of nitrogens with zero attached hydrogens (tertiary/aromatic N) is 2. The summed E-state index contributed by atoms with van der Waals surface area (Å²) in [6.45, 7) is 5.73. The number of unbranched alkanes of at least 4 members (excludes halogenated alkanes) is 1. The Balaban J connectivity index is 0.00000484. The number of amides is 1. The lowest BCUT2D eigenvalue weighted by molar-refractivity contribution is -0.114. The molecule has 0 radical (unpaired) electrons. The predicted octanol–water partition coefficient (Wildman–Crippen LogP) is 3.08. The molecule has 0 aromatic heterocycles. The van der Waals surface area contributed by atoms with E-state index in [-0.39, 0.29) is 42.2 Å². The lowest BCUT2D eigenvalue weighted by atomic mass is 10.3. The number of guanidine groups is 1.